The molecule has 7 heteroatoms. The van der Waals surface area contributed by atoms with E-state index >= 15 is 0 Å². The Kier molecular flexibility index (Phi) is 3.28. The number of nitrogens with zero attached hydrogens (tertiary/aromatic N) is 2. The van der Waals surface area contributed by atoms with Crippen molar-refractivity contribution < 1.29 is 4.42 Å². The van der Waals surface area contributed by atoms with Crippen molar-refractivity contribution in [1.29, 1.82) is 0 Å². The standard InChI is InChI=1S/C10H11BrN4O2/c1-5-3-12-10(17-5)6(2)15-8-7(11)9(16)14-4-13-8/h3-4,6H,1-2H3,(H2,13,14,15,16). The molecule has 1 unspecified atom stereocenters. The first kappa shape index (κ1) is 11.8. The van der Waals surface area contributed by atoms with Crippen LogP contribution in [0.3, 0.4) is 0 Å². The van der Waals surface area contributed by atoms with Gasteiger partial charge in [0.25, 0.3) is 5.56 Å². The van der Waals surface area contributed by atoms with Gasteiger partial charge < -0.3 is 14.7 Å². The molecule has 0 radical (unpaired) electrons. The summed E-state index contributed by atoms with van der Waals surface area (Å²) in [5.74, 6) is 1.75. The van der Waals surface area contributed by atoms with Gasteiger partial charge in [-0.05, 0) is 29.8 Å². The van der Waals surface area contributed by atoms with E-state index in [1.54, 1.807) is 6.20 Å². The number of nitrogens with one attached hydrogen (secondary N) is 2. The zero-order valence-corrected chi connectivity index (χ0v) is 10.9. The highest BCUT2D eigenvalue weighted by atomic mass is 79.9. The van der Waals surface area contributed by atoms with Gasteiger partial charge in [0, 0.05) is 0 Å². The van der Waals surface area contributed by atoms with E-state index in [2.05, 4.69) is 36.2 Å². The van der Waals surface area contributed by atoms with E-state index in [-0.39, 0.29) is 11.6 Å². The van der Waals surface area contributed by atoms with Gasteiger partial charge >= 0.3 is 0 Å². The van der Waals surface area contributed by atoms with Gasteiger partial charge in [0.15, 0.2) is 0 Å². The third kappa shape index (κ3) is 2.55. The van der Waals surface area contributed by atoms with Crippen LogP contribution in [0.25, 0.3) is 0 Å². The van der Waals surface area contributed by atoms with Crippen molar-refractivity contribution in [2.45, 2.75) is 19.9 Å². The lowest BCUT2D eigenvalue weighted by Gasteiger charge is -2.11. The fraction of sp³-hybridized carbons (Fsp3) is 0.300. The molecular formula is C10H11BrN4O2. The molecule has 0 aliphatic rings. The zero-order valence-electron chi connectivity index (χ0n) is 9.32. The molecule has 0 fully saturated rings. The Morgan fingerprint density at radius 3 is 2.94 bits per heavy atom. The predicted octanol–water partition coefficient (Wildman–Crippen LogP) is 2.00. The number of aromatic amines is 1. The largest absolute Gasteiger partial charge is 0.444 e. The van der Waals surface area contributed by atoms with Gasteiger partial charge in [0.1, 0.15) is 22.1 Å². The van der Waals surface area contributed by atoms with E-state index in [1.807, 2.05) is 13.8 Å². The van der Waals surface area contributed by atoms with Crippen LogP contribution in [-0.4, -0.2) is 15.0 Å². The lowest BCUT2D eigenvalue weighted by Crippen LogP contribution is -2.14. The van der Waals surface area contributed by atoms with E-state index in [1.165, 1.54) is 6.33 Å². The summed E-state index contributed by atoms with van der Waals surface area (Å²) in [4.78, 5) is 21.9. The van der Waals surface area contributed by atoms with E-state index < -0.39 is 0 Å². The highest BCUT2D eigenvalue weighted by Gasteiger charge is 2.14. The van der Waals surface area contributed by atoms with Crippen LogP contribution in [0.2, 0.25) is 0 Å². The molecule has 0 saturated heterocycles. The SMILES string of the molecule is Cc1cnc(C(C)Nc2nc[nH]c(=O)c2Br)o1. The number of rotatable bonds is 3. The normalized spacial score (nSPS) is 12.4. The number of aryl methyl sites for hydroxylation is 1. The van der Waals surface area contributed by atoms with Gasteiger partial charge in [-0.1, -0.05) is 0 Å². The molecule has 1 atom stereocenters. The van der Waals surface area contributed by atoms with E-state index in [0.717, 1.165) is 5.76 Å². The first-order valence-corrected chi connectivity index (χ1v) is 5.79. The summed E-state index contributed by atoms with van der Waals surface area (Å²) < 4.78 is 5.74. The molecule has 0 saturated carbocycles. The highest BCUT2D eigenvalue weighted by Crippen LogP contribution is 2.21. The Labute approximate surface area is 106 Å². The Balaban J connectivity index is 2.21. The molecule has 2 rings (SSSR count). The van der Waals surface area contributed by atoms with E-state index in [9.17, 15) is 4.79 Å². The molecule has 2 aromatic heterocycles. The molecule has 2 aromatic rings. The third-order valence-electron chi connectivity index (χ3n) is 2.16. The van der Waals surface area contributed by atoms with Crippen LogP contribution in [0.4, 0.5) is 5.82 Å². The molecule has 0 amide bonds. The van der Waals surface area contributed by atoms with Crippen LogP contribution in [0.15, 0.2) is 26.2 Å². The summed E-state index contributed by atoms with van der Waals surface area (Å²) in [6.07, 6.45) is 2.98. The first-order valence-electron chi connectivity index (χ1n) is 5.00. The van der Waals surface area contributed by atoms with Gasteiger partial charge in [0.2, 0.25) is 5.89 Å². The predicted molar refractivity (Wildman–Crippen MR) is 65.8 cm³/mol. The van der Waals surface area contributed by atoms with Crippen molar-refractivity contribution in [3.05, 3.63) is 39.0 Å². The fourth-order valence-electron chi connectivity index (χ4n) is 1.32. The van der Waals surface area contributed by atoms with E-state index in [0.29, 0.717) is 16.2 Å². The topological polar surface area (TPSA) is 83.8 Å². The van der Waals surface area contributed by atoms with Crippen LogP contribution in [0.5, 0.6) is 0 Å². The number of aromatic nitrogens is 3. The second kappa shape index (κ2) is 4.70. The summed E-state index contributed by atoms with van der Waals surface area (Å²) in [5.41, 5.74) is -0.238. The van der Waals surface area contributed by atoms with Crippen molar-refractivity contribution in [2.24, 2.45) is 0 Å². The number of halogens is 1. The molecule has 0 spiro atoms. The van der Waals surface area contributed by atoms with Crippen LogP contribution < -0.4 is 10.9 Å². The summed E-state index contributed by atoms with van der Waals surface area (Å²) in [5, 5.41) is 3.05. The van der Waals surface area contributed by atoms with Crippen LogP contribution in [0, 0.1) is 6.92 Å². The maximum Gasteiger partial charge on any atom is 0.267 e. The maximum absolute atomic E-state index is 11.3. The molecule has 17 heavy (non-hydrogen) atoms. The van der Waals surface area contributed by atoms with Gasteiger partial charge in [-0.2, -0.15) is 0 Å². The molecule has 90 valence electrons. The monoisotopic (exact) mass is 298 g/mol. The molecule has 2 N–H and O–H groups in total. The fourth-order valence-corrected chi connectivity index (χ4v) is 1.65. The lowest BCUT2D eigenvalue weighted by atomic mass is 10.3. The second-order valence-electron chi connectivity index (χ2n) is 3.57. The van der Waals surface area contributed by atoms with Gasteiger partial charge in [-0.15, -0.1) is 0 Å². The minimum atomic E-state index is -0.238. The van der Waals surface area contributed by atoms with Crippen molar-refractivity contribution in [3.8, 4) is 0 Å². The summed E-state index contributed by atoms with van der Waals surface area (Å²) in [6, 6.07) is -0.172. The smallest absolute Gasteiger partial charge is 0.267 e. The molecular weight excluding hydrogens is 288 g/mol. The van der Waals surface area contributed by atoms with Gasteiger partial charge in [-0.25, -0.2) is 9.97 Å². The van der Waals surface area contributed by atoms with Crippen LogP contribution in [0.1, 0.15) is 24.6 Å². The maximum atomic E-state index is 11.3. The van der Waals surface area contributed by atoms with Gasteiger partial charge in [-0.3, -0.25) is 4.79 Å². The molecule has 0 aliphatic heterocycles. The molecule has 0 aromatic carbocycles. The molecule has 6 nitrogen and oxygen atoms in total. The minimum absolute atomic E-state index is 0.172. The number of anilines is 1. The highest BCUT2D eigenvalue weighted by molar-refractivity contribution is 9.10. The number of hydrogen-bond acceptors (Lipinski definition) is 5. The summed E-state index contributed by atoms with van der Waals surface area (Å²) in [6.45, 7) is 3.70. The third-order valence-corrected chi connectivity index (χ3v) is 2.90. The van der Waals surface area contributed by atoms with Crippen LogP contribution in [-0.2, 0) is 0 Å². The number of hydrogen-bond donors (Lipinski definition) is 2. The van der Waals surface area contributed by atoms with Crippen molar-refractivity contribution in [2.75, 3.05) is 5.32 Å². The Morgan fingerprint density at radius 1 is 1.53 bits per heavy atom. The van der Waals surface area contributed by atoms with Gasteiger partial charge in [0.05, 0.1) is 12.5 Å². The van der Waals surface area contributed by atoms with Crippen molar-refractivity contribution in [3.63, 3.8) is 0 Å². The van der Waals surface area contributed by atoms with E-state index in [4.69, 9.17) is 4.42 Å². The molecule has 0 bridgehead atoms. The summed E-state index contributed by atoms with van der Waals surface area (Å²) in [7, 11) is 0. The molecule has 0 aliphatic carbocycles. The van der Waals surface area contributed by atoms with Crippen molar-refractivity contribution in [1.82, 2.24) is 15.0 Å². The summed E-state index contributed by atoms with van der Waals surface area (Å²) >= 11 is 3.17. The lowest BCUT2D eigenvalue weighted by molar-refractivity contribution is 0.453. The quantitative estimate of drug-likeness (QED) is 0.905. The Morgan fingerprint density at radius 2 is 2.29 bits per heavy atom. The average molecular weight is 299 g/mol. The Hall–Kier alpha value is -1.63. The van der Waals surface area contributed by atoms with Crippen LogP contribution >= 0.6 is 15.9 Å². The number of oxazole rings is 1. The number of H-pyrrole nitrogens is 1. The molecule has 2 heterocycles. The first-order chi connectivity index (χ1) is 8.08. The average Bonchev–Trinajstić information content (AvgIpc) is 2.72. The second-order valence-corrected chi connectivity index (χ2v) is 4.36. The zero-order chi connectivity index (χ0) is 12.4. The van der Waals surface area contributed by atoms with Crippen molar-refractivity contribution >= 4 is 21.7 Å². The minimum Gasteiger partial charge on any atom is -0.444 e. The Bertz CT molecular complexity index is 578.